The smallest absolute Gasteiger partial charge is 0.331 e. The fraction of sp³-hybridized carbons (Fsp3) is 0.500. The van der Waals surface area contributed by atoms with Gasteiger partial charge >= 0.3 is 5.97 Å². The zero-order valence-corrected chi connectivity index (χ0v) is 39.4. The molecule has 3 aromatic carbocycles. The maximum absolute atomic E-state index is 14.4. The van der Waals surface area contributed by atoms with E-state index in [2.05, 4.69) is 0 Å². The average Bonchev–Trinajstić information content (AvgIpc) is 3.38. The molecular weight excluding hydrogens is 1010 g/mol. The molecule has 20 atom stereocenters. The van der Waals surface area contributed by atoms with Gasteiger partial charge in [-0.25, -0.2) is 4.79 Å². The second kappa shape index (κ2) is 22.8. The number of aliphatic hydroxyl groups excluding tert-OH is 11. The van der Waals surface area contributed by atoms with Crippen molar-refractivity contribution >= 4 is 23.0 Å². The summed E-state index contributed by atoms with van der Waals surface area (Å²) in [6, 6.07) is 10.9. The van der Waals surface area contributed by atoms with Crippen molar-refractivity contribution in [1.82, 2.24) is 0 Å². The number of phenols is 4. The lowest BCUT2D eigenvalue weighted by Crippen LogP contribution is -2.65. The van der Waals surface area contributed by atoms with Crippen molar-refractivity contribution in [3.63, 3.8) is 0 Å². The highest BCUT2D eigenvalue weighted by atomic mass is 16.8. The summed E-state index contributed by atoms with van der Waals surface area (Å²) in [5.41, 5.74) is -1.28. The molecule has 27 heteroatoms. The van der Waals surface area contributed by atoms with Gasteiger partial charge in [0.15, 0.2) is 35.9 Å². The number of rotatable bonds is 14. The summed E-state index contributed by atoms with van der Waals surface area (Å²) < 4.78 is 57.6. The SMILES string of the molecule is C[C@@H]1O[C@@H](Oc2cc(O)c3c(=O)c(O[C@@H]4O[C@H](CO[C@@H]5O[C@@H](C)[C@H](OC(=O)/C=C/c6ccc(O)cc6)[C@@H](O[C@@H]6O[C@H](CO)[C@@H](O)[C@H](O)[C@H]6O)[C@H]5O)[C@H](O)[C@H](O)[C@H]4O)c(-c4ccc(O)c(O)c4)oc3c2)[C@H](O)[C@H](O)[C@H]1O. The van der Waals surface area contributed by atoms with Crippen LogP contribution >= 0.6 is 0 Å². The van der Waals surface area contributed by atoms with Gasteiger partial charge in [-0.1, -0.05) is 12.1 Å². The average molecular weight is 1060 g/mol. The van der Waals surface area contributed by atoms with E-state index in [9.17, 15) is 86.2 Å². The molecule has 0 unspecified atom stereocenters. The van der Waals surface area contributed by atoms with E-state index in [0.29, 0.717) is 5.56 Å². The zero-order chi connectivity index (χ0) is 54.3. The first kappa shape index (κ1) is 55.4. The fourth-order valence-corrected chi connectivity index (χ4v) is 8.69. The third-order valence-electron chi connectivity index (χ3n) is 13.0. The normalized spacial score (nSPS) is 36.3. The molecule has 0 aliphatic carbocycles. The monoisotopic (exact) mass is 1060 g/mol. The van der Waals surface area contributed by atoms with Crippen LogP contribution in [-0.4, -0.2) is 219 Å². The van der Waals surface area contributed by atoms with Crippen LogP contribution in [-0.2, 0) is 38.0 Å². The van der Waals surface area contributed by atoms with Crippen LogP contribution in [0.5, 0.6) is 34.5 Å². The topological polar surface area (TPSA) is 434 Å². The van der Waals surface area contributed by atoms with E-state index >= 15 is 0 Å². The van der Waals surface area contributed by atoms with Crippen LogP contribution in [0.25, 0.3) is 28.4 Å². The van der Waals surface area contributed by atoms with Crippen molar-refractivity contribution in [2.45, 2.75) is 137 Å². The minimum Gasteiger partial charge on any atom is -0.508 e. The highest BCUT2D eigenvalue weighted by Crippen LogP contribution is 2.41. The van der Waals surface area contributed by atoms with Crippen molar-refractivity contribution < 1.29 is 128 Å². The first-order valence-corrected chi connectivity index (χ1v) is 23.2. The first-order chi connectivity index (χ1) is 35.6. The molecule has 15 N–H and O–H groups in total. The van der Waals surface area contributed by atoms with Crippen LogP contribution in [0.15, 0.2) is 69.9 Å². The van der Waals surface area contributed by atoms with E-state index in [1.165, 1.54) is 50.3 Å². The number of hydrogen-bond donors (Lipinski definition) is 15. The molecule has 5 heterocycles. The van der Waals surface area contributed by atoms with E-state index in [-0.39, 0.29) is 17.1 Å². The van der Waals surface area contributed by atoms with Crippen LogP contribution in [0.4, 0.5) is 0 Å². The minimum atomic E-state index is -2.17. The molecule has 8 rings (SSSR count). The van der Waals surface area contributed by atoms with Crippen LogP contribution in [0.1, 0.15) is 19.4 Å². The number of carbonyl (C=O) groups is 1. The molecule has 4 aromatic rings. The predicted octanol–water partition coefficient (Wildman–Crippen LogP) is -3.39. The summed E-state index contributed by atoms with van der Waals surface area (Å²) in [5, 5.41) is 158. The van der Waals surface area contributed by atoms with Gasteiger partial charge in [0.25, 0.3) is 0 Å². The van der Waals surface area contributed by atoms with Crippen LogP contribution in [0.2, 0.25) is 0 Å². The quantitative estimate of drug-likeness (QED) is 0.0333. The van der Waals surface area contributed by atoms with Crippen molar-refractivity contribution in [1.29, 1.82) is 0 Å². The number of fused-ring (bicyclic) bond motifs is 1. The van der Waals surface area contributed by atoms with Crippen molar-refractivity contribution in [2.24, 2.45) is 0 Å². The molecule has 4 aliphatic heterocycles. The van der Waals surface area contributed by atoms with Gasteiger partial charge in [0.1, 0.15) is 108 Å². The Balaban J connectivity index is 1.05. The van der Waals surface area contributed by atoms with E-state index < -0.39 is 187 Å². The predicted molar refractivity (Wildman–Crippen MR) is 245 cm³/mol. The minimum absolute atomic E-state index is 0.0338. The summed E-state index contributed by atoms with van der Waals surface area (Å²) in [7, 11) is 0. The molecule has 0 amide bonds. The Labute approximate surface area is 422 Å². The molecule has 0 spiro atoms. The number of aliphatic hydroxyl groups is 11. The summed E-state index contributed by atoms with van der Waals surface area (Å²) >= 11 is 0. The fourth-order valence-electron chi connectivity index (χ4n) is 8.69. The second-order valence-electron chi connectivity index (χ2n) is 18.2. The Morgan fingerprint density at radius 1 is 0.600 bits per heavy atom. The summed E-state index contributed by atoms with van der Waals surface area (Å²) in [6.45, 7) is 1.07. The van der Waals surface area contributed by atoms with Gasteiger partial charge in [-0.2, -0.15) is 0 Å². The molecule has 0 radical (unpaired) electrons. The second-order valence-corrected chi connectivity index (χ2v) is 18.2. The first-order valence-electron chi connectivity index (χ1n) is 23.2. The number of phenolic OH excluding ortho intramolecular Hbond substituents is 4. The summed E-state index contributed by atoms with van der Waals surface area (Å²) in [6.07, 6.45) is -32.9. The van der Waals surface area contributed by atoms with Gasteiger partial charge in [0, 0.05) is 23.8 Å². The van der Waals surface area contributed by atoms with E-state index in [1.54, 1.807) is 0 Å². The number of esters is 1. The Morgan fingerprint density at radius 2 is 1.21 bits per heavy atom. The van der Waals surface area contributed by atoms with Crippen LogP contribution in [0, 0.1) is 0 Å². The van der Waals surface area contributed by atoms with Crippen molar-refractivity contribution in [3.8, 4) is 45.8 Å². The van der Waals surface area contributed by atoms with Crippen LogP contribution < -0.4 is 14.9 Å². The lowest BCUT2D eigenvalue weighted by atomic mass is 9.97. The van der Waals surface area contributed by atoms with Gasteiger partial charge in [-0.15, -0.1) is 0 Å². The molecule has 0 bridgehead atoms. The van der Waals surface area contributed by atoms with Gasteiger partial charge in [0.05, 0.1) is 25.4 Å². The highest BCUT2D eigenvalue weighted by molar-refractivity contribution is 5.89. The maximum Gasteiger partial charge on any atom is 0.331 e. The van der Waals surface area contributed by atoms with Gasteiger partial charge < -0.3 is 124 Å². The van der Waals surface area contributed by atoms with Gasteiger partial charge in [0.2, 0.25) is 23.8 Å². The van der Waals surface area contributed by atoms with Gasteiger partial charge in [-0.05, 0) is 55.8 Å². The maximum atomic E-state index is 14.4. The lowest BCUT2D eigenvalue weighted by Gasteiger charge is -2.46. The standard InChI is InChI=1S/C48H56O27/c1-16-30(55)34(59)37(62)46(67-16)69-21-12-24(53)29-25(13-21)70-42(19-6-9-22(51)23(52)11-19)43(33(29)58)74-48-39(64)36(61)32(57)27(72-48)15-66-45-40(65)44(75-47-38(63)35(60)31(56)26(14-49)71-47)41(17(2)68-45)73-28(54)10-5-18-3-7-20(50)8-4-18/h3-13,16-17,26-27,30-32,34-41,44-53,55-57,59-65H,14-15H2,1-2H3/b10-5+/t16-,17-,26+,27+,30-,31+,32-,34+,35-,36-,37+,38+,39+,40+,41-,44-,45+,46-,47-,48-/m0/s1. The lowest BCUT2D eigenvalue weighted by molar-refractivity contribution is -0.361. The summed E-state index contributed by atoms with van der Waals surface area (Å²) in [5.74, 6) is -4.83. The third-order valence-corrected chi connectivity index (χ3v) is 13.0. The third kappa shape index (κ3) is 11.5. The Bertz CT molecular complexity index is 2710. The molecule has 27 nitrogen and oxygen atoms in total. The van der Waals surface area contributed by atoms with Crippen molar-refractivity contribution in [2.75, 3.05) is 13.2 Å². The molecule has 1 aromatic heterocycles. The molecular formula is C48H56O27. The highest BCUT2D eigenvalue weighted by Gasteiger charge is 2.53. The molecule has 4 aliphatic rings. The number of aromatic hydroxyl groups is 4. The Kier molecular flexibility index (Phi) is 16.9. The van der Waals surface area contributed by atoms with E-state index in [1.807, 2.05) is 0 Å². The van der Waals surface area contributed by atoms with E-state index in [4.69, 9.17) is 47.0 Å². The molecule has 0 saturated carbocycles. The number of ether oxygens (including phenoxy) is 9. The Morgan fingerprint density at radius 3 is 1.88 bits per heavy atom. The molecule has 4 saturated heterocycles. The summed E-state index contributed by atoms with van der Waals surface area (Å²) in [4.78, 5) is 27.5. The Hall–Kier alpha value is -5.80. The molecule has 75 heavy (non-hydrogen) atoms. The van der Waals surface area contributed by atoms with Crippen LogP contribution in [0.3, 0.4) is 0 Å². The van der Waals surface area contributed by atoms with E-state index in [0.717, 1.165) is 30.3 Å². The van der Waals surface area contributed by atoms with Crippen molar-refractivity contribution in [3.05, 3.63) is 76.5 Å². The largest absolute Gasteiger partial charge is 0.508 e. The zero-order valence-electron chi connectivity index (χ0n) is 39.4. The van der Waals surface area contributed by atoms with Gasteiger partial charge in [-0.3, -0.25) is 4.79 Å². The number of hydrogen-bond acceptors (Lipinski definition) is 27. The number of benzene rings is 3. The number of carbonyl (C=O) groups excluding carboxylic acids is 1. The molecule has 410 valence electrons. The molecule has 4 fully saturated rings.